The first-order valence-electron chi connectivity index (χ1n) is 5.57. The SMILES string of the molecule is Cc1[nH]nc(CN)c1S(=O)(=O)Nc1cccc(F)c1F. The number of hydrogen-bond donors (Lipinski definition) is 3. The predicted octanol–water partition coefficient (Wildman–Crippen LogP) is 1.26. The third-order valence-electron chi connectivity index (χ3n) is 2.62. The summed E-state index contributed by atoms with van der Waals surface area (Å²) in [5, 5.41) is 6.23. The molecule has 0 aliphatic heterocycles. The largest absolute Gasteiger partial charge is 0.325 e. The van der Waals surface area contributed by atoms with E-state index in [1.165, 1.54) is 13.0 Å². The topological polar surface area (TPSA) is 101 Å². The van der Waals surface area contributed by atoms with E-state index in [1.54, 1.807) is 0 Å². The number of sulfonamides is 1. The molecule has 0 saturated carbocycles. The molecule has 0 unspecified atom stereocenters. The Morgan fingerprint density at radius 2 is 2.10 bits per heavy atom. The molecule has 1 heterocycles. The van der Waals surface area contributed by atoms with Crippen molar-refractivity contribution in [1.29, 1.82) is 0 Å². The number of rotatable bonds is 4. The second kappa shape index (κ2) is 5.17. The van der Waals surface area contributed by atoms with Crippen LogP contribution in [0.2, 0.25) is 0 Å². The van der Waals surface area contributed by atoms with Crippen molar-refractivity contribution in [2.24, 2.45) is 5.73 Å². The van der Waals surface area contributed by atoms with E-state index >= 15 is 0 Å². The van der Waals surface area contributed by atoms with Crippen LogP contribution in [0, 0.1) is 18.6 Å². The number of nitrogens with one attached hydrogen (secondary N) is 2. The Morgan fingerprint density at radius 3 is 2.75 bits per heavy atom. The van der Waals surface area contributed by atoms with Crippen molar-refractivity contribution in [3.05, 3.63) is 41.2 Å². The molecule has 6 nitrogen and oxygen atoms in total. The fourth-order valence-electron chi connectivity index (χ4n) is 1.74. The molecule has 9 heteroatoms. The van der Waals surface area contributed by atoms with Gasteiger partial charge in [0, 0.05) is 6.54 Å². The molecule has 0 amide bonds. The van der Waals surface area contributed by atoms with Crippen LogP contribution in [0.5, 0.6) is 0 Å². The highest BCUT2D eigenvalue weighted by Gasteiger charge is 2.25. The van der Waals surface area contributed by atoms with Crippen molar-refractivity contribution in [3.8, 4) is 0 Å². The quantitative estimate of drug-likeness (QED) is 0.791. The van der Waals surface area contributed by atoms with Crippen molar-refractivity contribution < 1.29 is 17.2 Å². The maximum absolute atomic E-state index is 13.5. The molecule has 108 valence electrons. The molecular weight excluding hydrogens is 290 g/mol. The zero-order valence-electron chi connectivity index (χ0n) is 10.4. The van der Waals surface area contributed by atoms with E-state index in [-0.39, 0.29) is 22.8 Å². The molecule has 1 aromatic heterocycles. The monoisotopic (exact) mass is 302 g/mol. The maximum atomic E-state index is 13.5. The number of aryl methyl sites for hydroxylation is 1. The molecule has 0 aliphatic rings. The summed E-state index contributed by atoms with van der Waals surface area (Å²) in [6, 6.07) is 3.21. The van der Waals surface area contributed by atoms with Crippen LogP contribution >= 0.6 is 0 Å². The molecule has 2 aromatic rings. The summed E-state index contributed by atoms with van der Waals surface area (Å²) in [4.78, 5) is -0.163. The summed E-state index contributed by atoms with van der Waals surface area (Å²) in [5.41, 5.74) is 5.30. The van der Waals surface area contributed by atoms with Crippen LogP contribution in [-0.2, 0) is 16.6 Å². The number of nitrogens with two attached hydrogens (primary N) is 1. The molecular formula is C11H12F2N4O2S. The van der Waals surface area contributed by atoms with Gasteiger partial charge in [-0.2, -0.15) is 5.10 Å². The lowest BCUT2D eigenvalue weighted by Crippen LogP contribution is -2.17. The third-order valence-corrected chi connectivity index (χ3v) is 4.19. The van der Waals surface area contributed by atoms with Crippen LogP contribution in [0.3, 0.4) is 0 Å². The number of aromatic amines is 1. The molecule has 4 N–H and O–H groups in total. The summed E-state index contributed by atoms with van der Waals surface area (Å²) < 4.78 is 53.0. The van der Waals surface area contributed by atoms with E-state index < -0.39 is 27.3 Å². The van der Waals surface area contributed by atoms with E-state index in [9.17, 15) is 17.2 Å². The van der Waals surface area contributed by atoms with Gasteiger partial charge in [-0.05, 0) is 19.1 Å². The normalized spacial score (nSPS) is 11.6. The lowest BCUT2D eigenvalue weighted by atomic mass is 10.3. The number of hydrogen-bond acceptors (Lipinski definition) is 4. The van der Waals surface area contributed by atoms with Gasteiger partial charge in [-0.3, -0.25) is 9.82 Å². The second-order valence-electron chi connectivity index (χ2n) is 4.04. The van der Waals surface area contributed by atoms with E-state index in [2.05, 4.69) is 10.2 Å². The Labute approximate surface area is 114 Å². The molecule has 0 radical (unpaired) electrons. The van der Waals surface area contributed by atoms with Gasteiger partial charge in [-0.1, -0.05) is 6.07 Å². The van der Waals surface area contributed by atoms with Gasteiger partial charge in [0.1, 0.15) is 4.90 Å². The first-order valence-corrected chi connectivity index (χ1v) is 7.06. The highest BCUT2D eigenvalue weighted by Crippen LogP contribution is 2.23. The number of benzene rings is 1. The molecule has 0 fully saturated rings. The molecule has 0 bridgehead atoms. The fraction of sp³-hybridized carbons (Fsp3) is 0.182. The van der Waals surface area contributed by atoms with Gasteiger partial charge in [-0.15, -0.1) is 0 Å². The summed E-state index contributed by atoms with van der Waals surface area (Å²) in [5.74, 6) is -2.42. The molecule has 0 atom stereocenters. The highest BCUT2D eigenvalue weighted by molar-refractivity contribution is 7.92. The number of aromatic nitrogens is 2. The van der Waals surface area contributed by atoms with Crippen molar-refractivity contribution >= 4 is 15.7 Å². The van der Waals surface area contributed by atoms with Gasteiger partial charge in [0.05, 0.1) is 17.1 Å². The average molecular weight is 302 g/mol. The molecule has 0 saturated heterocycles. The van der Waals surface area contributed by atoms with E-state index in [0.29, 0.717) is 0 Å². The standard InChI is InChI=1S/C11H12F2N4O2S/c1-6-11(9(5-14)16-15-6)20(18,19)17-8-4-2-3-7(12)10(8)13/h2-4,17H,5,14H2,1H3,(H,15,16). The van der Waals surface area contributed by atoms with Crippen molar-refractivity contribution in [2.75, 3.05) is 4.72 Å². The summed E-state index contributed by atoms with van der Waals surface area (Å²) in [6.45, 7) is 1.38. The predicted molar refractivity (Wildman–Crippen MR) is 68.4 cm³/mol. The minimum atomic E-state index is -4.11. The lowest BCUT2D eigenvalue weighted by Gasteiger charge is -2.09. The van der Waals surface area contributed by atoms with Crippen LogP contribution < -0.4 is 10.5 Å². The van der Waals surface area contributed by atoms with Gasteiger partial charge in [0.25, 0.3) is 10.0 Å². The highest BCUT2D eigenvalue weighted by atomic mass is 32.2. The Kier molecular flexibility index (Phi) is 3.73. The Hall–Kier alpha value is -2.00. The van der Waals surface area contributed by atoms with Gasteiger partial charge in [0.15, 0.2) is 11.6 Å². The first-order chi connectivity index (χ1) is 9.36. The zero-order valence-corrected chi connectivity index (χ0v) is 11.3. The van der Waals surface area contributed by atoms with Crippen LogP contribution in [0.4, 0.5) is 14.5 Å². The first kappa shape index (κ1) is 14.4. The van der Waals surface area contributed by atoms with Crippen LogP contribution in [-0.4, -0.2) is 18.6 Å². The minimum absolute atomic E-state index is 0.105. The van der Waals surface area contributed by atoms with E-state index in [4.69, 9.17) is 5.73 Å². The van der Waals surface area contributed by atoms with Crippen molar-refractivity contribution in [2.45, 2.75) is 18.4 Å². The minimum Gasteiger partial charge on any atom is -0.325 e. The molecule has 0 spiro atoms. The molecule has 0 aliphatic carbocycles. The molecule has 20 heavy (non-hydrogen) atoms. The maximum Gasteiger partial charge on any atom is 0.265 e. The van der Waals surface area contributed by atoms with Crippen LogP contribution in [0.25, 0.3) is 0 Å². The Morgan fingerprint density at radius 1 is 1.40 bits per heavy atom. The summed E-state index contributed by atoms with van der Waals surface area (Å²) in [7, 11) is -4.11. The number of H-pyrrole nitrogens is 1. The fourth-order valence-corrected chi connectivity index (χ4v) is 3.18. The van der Waals surface area contributed by atoms with Crippen molar-refractivity contribution in [1.82, 2.24) is 10.2 Å². The van der Waals surface area contributed by atoms with Gasteiger partial charge in [0.2, 0.25) is 0 Å². The Bertz CT molecular complexity index is 743. The third kappa shape index (κ3) is 2.49. The summed E-state index contributed by atoms with van der Waals surface area (Å²) in [6.07, 6.45) is 0. The van der Waals surface area contributed by atoms with Crippen LogP contribution in [0.15, 0.2) is 23.1 Å². The van der Waals surface area contributed by atoms with E-state index in [0.717, 1.165) is 12.1 Å². The van der Waals surface area contributed by atoms with Crippen LogP contribution in [0.1, 0.15) is 11.4 Å². The smallest absolute Gasteiger partial charge is 0.265 e. The van der Waals surface area contributed by atoms with Gasteiger partial charge >= 0.3 is 0 Å². The number of nitrogens with zero attached hydrogens (tertiary/aromatic N) is 1. The zero-order chi connectivity index (χ0) is 14.9. The van der Waals surface area contributed by atoms with Gasteiger partial charge in [-0.25, -0.2) is 17.2 Å². The lowest BCUT2D eigenvalue weighted by molar-refractivity contribution is 0.511. The second-order valence-corrected chi connectivity index (χ2v) is 5.65. The average Bonchev–Trinajstić information content (AvgIpc) is 2.77. The van der Waals surface area contributed by atoms with E-state index in [1.807, 2.05) is 4.72 Å². The molecule has 1 aromatic carbocycles. The van der Waals surface area contributed by atoms with Crippen molar-refractivity contribution in [3.63, 3.8) is 0 Å². The number of anilines is 1. The van der Waals surface area contributed by atoms with Gasteiger partial charge < -0.3 is 5.73 Å². The Balaban J connectivity index is 2.46. The number of halogens is 2. The summed E-state index contributed by atoms with van der Waals surface area (Å²) >= 11 is 0. The molecule has 2 rings (SSSR count).